The first-order chi connectivity index (χ1) is 5.43. The van der Waals surface area contributed by atoms with E-state index in [1.54, 1.807) is 18.5 Å². The van der Waals surface area contributed by atoms with Crippen LogP contribution in [0, 0.1) is 0 Å². The Labute approximate surface area is 64.9 Å². The number of rotatable bonds is 4. The summed E-state index contributed by atoms with van der Waals surface area (Å²) in [7, 11) is 0. The smallest absolute Gasteiger partial charge is 0.137 e. The van der Waals surface area contributed by atoms with Crippen molar-refractivity contribution >= 4 is 0 Å². The highest BCUT2D eigenvalue weighted by Crippen LogP contribution is 2.04. The van der Waals surface area contributed by atoms with Crippen LogP contribution < -0.4 is 10.6 Å². The minimum atomic E-state index is 0.384. The maximum Gasteiger partial charge on any atom is 0.137 e. The van der Waals surface area contributed by atoms with E-state index in [1.165, 1.54) is 0 Å². The van der Waals surface area contributed by atoms with Crippen LogP contribution in [0.5, 0.6) is 5.75 Å². The Morgan fingerprint density at radius 2 is 2.36 bits per heavy atom. The molecule has 4 nitrogen and oxygen atoms in total. The van der Waals surface area contributed by atoms with Gasteiger partial charge in [0, 0.05) is 6.20 Å². The van der Waals surface area contributed by atoms with Crippen LogP contribution in [0.4, 0.5) is 0 Å². The van der Waals surface area contributed by atoms with Crippen molar-refractivity contribution in [3.63, 3.8) is 0 Å². The van der Waals surface area contributed by atoms with Gasteiger partial charge in [0.1, 0.15) is 19.0 Å². The zero-order valence-electron chi connectivity index (χ0n) is 6.06. The zero-order valence-corrected chi connectivity index (χ0v) is 6.06. The number of nitrogens with two attached hydrogens (primary N) is 1. The Kier molecular flexibility index (Phi) is 3.37. The average molecular weight is 154 g/mol. The molecule has 0 aromatic carbocycles. The molecule has 0 aliphatic heterocycles. The third-order valence-electron chi connectivity index (χ3n) is 1.10. The maximum absolute atomic E-state index is 5.18. The molecule has 1 heterocycles. The third kappa shape index (κ3) is 2.97. The quantitative estimate of drug-likeness (QED) is 0.502. The lowest BCUT2D eigenvalue weighted by atomic mass is 10.5. The van der Waals surface area contributed by atoms with Crippen molar-refractivity contribution in [3.8, 4) is 5.75 Å². The van der Waals surface area contributed by atoms with Crippen molar-refractivity contribution in [1.29, 1.82) is 0 Å². The Morgan fingerprint density at radius 1 is 1.45 bits per heavy atom. The first kappa shape index (κ1) is 7.97. The fourth-order valence-corrected chi connectivity index (χ4v) is 0.640. The molecule has 0 saturated heterocycles. The third-order valence-corrected chi connectivity index (χ3v) is 1.10. The van der Waals surface area contributed by atoms with Gasteiger partial charge in [-0.15, -0.1) is 0 Å². The molecule has 1 aromatic heterocycles. The molecule has 0 aliphatic carbocycles. The van der Waals surface area contributed by atoms with E-state index >= 15 is 0 Å². The van der Waals surface area contributed by atoms with E-state index in [2.05, 4.69) is 9.82 Å². The summed E-state index contributed by atoms with van der Waals surface area (Å²) in [4.78, 5) is 8.18. The van der Waals surface area contributed by atoms with Gasteiger partial charge < -0.3 is 9.57 Å². The summed E-state index contributed by atoms with van der Waals surface area (Å²) in [5, 5.41) is 0. The number of ether oxygens (including phenoxy) is 1. The molecule has 0 saturated carbocycles. The van der Waals surface area contributed by atoms with Gasteiger partial charge in [-0.3, -0.25) is 4.98 Å². The summed E-state index contributed by atoms with van der Waals surface area (Å²) >= 11 is 0. The van der Waals surface area contributed by atoms with E-state index in [4.69, 9.17) is 10.6 Å². The summed E-state index contributed by atoms with van der Waals surface area (Å²) in [5.41, 5.74) is 0. The molecule has 1 rings (SSSR count). The standard InChI is InChI=1S/C7H10N2O2/c8-11-5-4-10-7-2-1-3-9-6-7/h1-3,6H,4-5,8H2. The number of aromatic nitrogens is 1. The highest BCUT2D eigenvalue weighted by molar-refractivity contribution is 5.15. The monoisotopic (exact) mass is 154 g/mol. The van der Waals surface area contributed by atoms with E-state index < -0.39 is 0 Å². The molecule has 0 atom stereocenters. The molecule has 2 N–H and O–H groups in total. The van der Waals surface area contributed by atoms with Crippen LogP contribution in [-0.2, 0) is 4.84 Å². The summed E-state index contributed by atoms with van der Waals surface area (Å²) in [5.74, 6) is 5.52. The predicted molar refractivity (Wildman–Crippen MR) is 39.9 cm³/mol. The van der Waals surface area contributed by atoms with Crippen LogP contribution in [0.15, 0.2) is 24.5 Å². The SMILES string of the molecule is NOCCOc1cccnc1. The van der Waals surface area contributed by atoms with Gasteiger partial charge in [0.2, 0.25) is 0 Å². The second kappa shape index (κ2) is 4.65. The molecule has 0 aliphatic rings. The van der Waals surface area contributed by atoms with Crippen LogP contribution >= 0.6 is 0 Å². The minimum Gasteiger partial charge on any atom is -0.489 e. The van der Waals surface area contributed by atoms with E-state index in [0.29, 0.717) is 13.2 Å². The fourth-order valence-electron chi connectivity index (χ4n) is 0.640. The topological polar surface area (TPSA) is 57.4 Å². The largest absolute Gasteiger partial charge is 0.489 e. The van der Waals surface area contributed by atoms with Crippen molar-refractivity contribution in [3.05, 3.63) is 24.5 Å². The van der Waals surface area contributed by atoms with Gasteiger partial charge in [0.25, 0.3) is 0 Å². The first-order valence-electron chi connectivity index (χ1n) is 3.28. The molecule has 0 spiro atoms. The molecule has 0 unspecified atom stereocenters. The van der Waals surface area contributed by atoms with Crippen molar-refractivity contribution in [2.24, 2.45) is 5.90 Å². The highest BCUT2D eigenvalue weighted by atomic mass is 16.6. The van der Waals surface area contributed by atoms with Crippen molar-refractivity contribution < 1.29 is 9.57 Å². The number of nitrogens with zero attached hydrogens (tertiary/aromatic N) is 1. The molecular formula is C7H10N2O2. The van der Waals surface area contributed by atoms with E-state index in [0.717, 1.165) is 5.75 Å². The molecule has 1 aromatic rings. The number of pyridine rings is 1. The van der Waals surface area contributed by atoms with Gasteiger partial charge in [0.15, 0.2) is 0 Å². The minimum absolute atomic E-state index is 0.384. The van der Waals surface area contributed by atoms with Crippen molar-refractivity contribution in [2.45, 2.75) is 0 Å². The number of hydrogen-bond donors (Lipinski definition) is 1. The van der Waals surface area contributed by atoms with E-state index in [1.807, 2.05) is 6.07 Å². The Bertz CT molecular complexity index is 191. The first-order valence-corrected chi connectivity index (χ1v) is 3.28. The van der Waals surface area contributed by atoms with Gasteiger partial charge in [0.05, 0.1) is 6.20 Å². The highest BCUT2D eigenvalue weighted by Gasteiger charge is 1.89. The molecular weight excluding hydrogens is 144 g/mol. The Morgan fingerprint density at radius 3 is 3.00 bits per heavy atom. The lowest BCUT2D eigenvalue weighted by Crippen LogP contribution is -2.09. The van der Waals surface area contributed by atoms with Crippen LogP contribution in [0.25, 0.3) is 0 Å². The Balaban J connectivity index is 2.28. The van der Waals surface area contributed by atoms with Crippen LogP contribution in [0.3, 0.4) is 0 Å². The van der Waals surface area contributed by atoms with Crippen molar-refractivity contribution in [2.75, 3.05) is 13.2 Å². The summed E-state index contributed by atoms with van der Waals surface area (Å²) in [6.45, 7) is 0.830. The Hall–Kier alpha value is -1.13. The summed E-state index contributed by atoms with van der Waals surface area (Å²) in [6.07, 6.45) is 3.32. The van der Waals surface area contributed by atoms with Gasteiger partial charge in [-0.1, -0.05) is 0 Å². The average Bonchev–Trinajstić information content (AvgIpc) is 2.07. The molecule has 0 fully saturated rings. The molecule has 11 heavy (non-hydrogen) atoms. The maximum atomic E-state index is 5.18. The number of hydrogen-bond acceptors (Lipinski definition) is 4. The summed E-state index contributed by atoms with van der Waals surface area (Å²) in [6, 6.07) is 3.63. The van der Waals surface area contributed by atoms with Crippen LogP contribution in [0.1, 0.15) is 0 Å². The van der Waals surface area contributed by atoms with Gasteiger partial charge >= 0.3 is 0 Å². The van der Waals surface area contributed by atoms with E-state index in [-0.39, 0.29) is 0 Å². The van der Waals surface area contributed by atoms with Crippen LogP contribution in [0.2, 0.25) is 0 Å². The van der Waals surface area contributed by atoms with E-state index in [9.17, 15) is 0 Å². The molecule has 0 amide bonds. The molecule has 60 valence electrons. The second-order valence-electron chi connectivity index (χ2n) is 1.91. The van der Waals surface area contributed by atoms with Crippen molar-refractivity contribution in [1.82, 2.24) is 4.98 Å². The predicted octanol–water partition coefficient (Wildman–Crippen LogP) is 0.351. The second-order valence-corrected chi connectivity index (χ2v) is 1.91. The van der Waals surface area contributed by atoms with Gasteiger partial charge in [-0.05, 0) is 12.1 Å². The summed E-state index contributed by atoms with van der Waals surface area (Å²) < 4.78 is 5.18. The zero-order chi connectivity index (χ0) is 7.94. The van der Waals surface area contributed by atoms with Gasteiger partial charge in [-0.2, -0.15) is 0 Å². The fraction of sp³-hybridized carbons (Fsp3) is 0.286. The lowest BCUT2D eigenvalue weighted by molar-refractivity contribution is 0.102. The van der Waals surface area contributed by atoms with Gasteiger partial charge in [-0.25, -0.2) is 5.90 Å². The van der Waals surface area contributed by atoms with Crippen LogP contribution in [-0.4, -0.2) is 18.2 Å². The normalized spacial score (nSPS) is 9.55. The molecule has 0 radical (unpaired) electrons. The molecule has 0 bridgehead atoms. The molecule has 4 heteroatoms. The lowest BCUT2D eigenvalue weighted by Gasteiger charge is -2.02.